The van der Waals surface area contributed by atoms with Gasteiger partial charge in [-0.15, -0.1) is 5.10 Å². The maximum absolute atomic E-state index is 6.02. The Morgan fingerprint density at radius 3 is 2.82 bits per heavy atom. The molecular formula is C21H26N6O. The highest BCUT2D eigenvalue weighted by atomic mass is 16.5. The van der Waals surface area contributed by atoms with E-state index in [4.69, 9.17) is 4.74 Å². The first-order valence-corrected chi connectivity index (χ1v) is 10.1. The third kappa shape index (κ3) is 2.45. The Morgan fingerprint density at radius 1 is 1.21 bits per heavy atom. The Balaban J connectivity index is 1.60. The largest absolute Gasteiger partial charge is 0.377 e. The van der Waals surface area contributed by atoms with Crippen molar-refractivity contribution in [2.75, 3.05) is 18.1 Å². The smallest absolute Gasteiger partial charge is 0.189 e. The van der Waals surface area contributed by atoms with Gasteiger partial charge in [0.25, 0.3) is 0 Å². The molecule has 3 unspecified atom stereocenters. The minimum Gasteiger partial charge on any atom is -0.377 e. The molecule has 1 aliphatic carbocycles. The number of rotatable bonds is 5. The first-order chi connectivity index (χ1) is 13.6. The molecule has 1 saturated carbocycles. The van der Waals surface area contributed by atoms with Gasteiger partial charge in [0.1, 0.15) is 6.33 Å². The lowest BCUT2D eigenvalue weighted by Crippen LogP contribution is -2.67. The predicted octanol–water partition coefficient (Wildman–Crippen LogP) is 3.24. The molecule has 2 aliphatic rings. The maximum atomic E-state index is 6.02. The number of benzene rings is 1. The summed E-state index contributed by atoms with van der Waals surface area (Å²) in [5, 5.41) is 8.87. The van der Waals surface area contributed by atoms with Crippen molar-refractivity contribution in [2.45, 2.75) is 45.8 Å². The minimum atomic E-state index is 0.0863. The fraction of sp³-hybridized carbons (Fsp3) is 0.524. The highest BCUT2D eigenvalue weighted by Gasteiger charge is 2.61. The van der Waals surface area contributed by atoms with Crippen molar-refractivity contribution in [1.82, 2.24) is 25.0 Å². The van der Waals surface area contributed by atoms with Crippen LogP contribution in [0.1, 0.15) is 33.6 Å². The van der Waals surface area contributed by atoms with E-state index >= 15 is 0 Å². The van der Waals surface area contributed by atoms with Crippen molar-refractivity contribution in [3.63, 3.8) is 0 Å². The molecule has 28 heavy (non-hydrogen) atoms. The first kappa shape index (κ1) is 17.6. The Hall–Kier alpha value is -2.54. The van der Waals surface area contributed by atoms with Crippen LogP contribution in [-0.4, -0.2) is 50.3 Å². The number of hydrogen-bond acceptors (Lipinski definition) is 6. The third-order valence-electron chi connectivity index (χ3n) is 6.33. The summed E-state index contributed by atoms with van der Waals surface area (Å²) >= 11 is 0. The zero-order chi connectivity index (χ0) is 19.3. The number of aromatic nitrogens is 5. The number of anilines is 1. The molecule has 1 saturated heterocycles. The van der Waals surface area contributed by atoms with Crippen LogP contribution in [0, 0.1) is 11.3 Å². The lowest BCUT2D eigenvalue weighted by atomic mass is 9.56. The van der Waals surface area contributed by atoms with Crippen molar-refractivity contribution in [2.24, 2.45) is 11.3 Å². The van der Waals surface area contributed by atoms with Crippen LogP contribution in [0.3, 0.4) is 0 Å². The molecule has 3 atom stereocenters. The van der Waals surface area contributed by atoms with Gasteiger partial charge < -0.3 is 9.64 Å². The van der Waals surface area contributed by atoms with E-state index in [-0.39, 0.29) is 5.41 Å². The van der Waals surface area contributed by atoms with E-state index < -0.39 is 0 Å². The van der Waals surface area contributed by atoms with Gasteiger partial charge in [-0.2, -0.15) is 4.68 Å². The van der Waals surface area contributed by atoms with Gasteiger partial charge in [0.15, 0.2) is 17.0 Å². The molecule has 2 fully saturated rings. The molecule has 7 heteroatoms. The molecule has 1 aliphatic heterocycles. The summed E-state index contributed by atoms with van der Waals surface area (Å²) in [6, 6.07) is 10.4. The normalized spacial score (nSPS) is 25.5. The summed E-state index contributed by atoms with van der Waals surface area (Å²) in [5.74, 6) is 1.44. The second-order valence-electron chi connectivity index (χ2n) is 8.41. The van der Waals surface area contributed by atoms with E-state index in [0.717, 1.165) is 48.7 Å². The number of nitrogens with zero attached hydrogens (tertiary/aromatic N) is 6. The Morgan fingerprint density at radius 2 is 2.04 bits per heavy atom. The van der Waals surface area contributed by atoms with Crippen LogP contribution in [0.5, 0.6) is 0 Å². The van der Waals surface area contributed by atoms with E-state index in [0.29, 0.717) is 18.1 Å². The molecule has 0 bridgehead atoms. The highest BCUT2D eigenvalue weighted by molar-refractivity contribution is 5.84. The van der Waals surface area contributed by atoms with E-state index in [1.54, 1.807) is 11.0 Å². The molecule has 146 valence electrons. The van der Waals surface area contributed by atoms with Crippen LogP contribution in [0.25, 0.3) is 16.9 Å². The number of hydrogen-bond donors (Lipinski definition) is 0. The van der Waals surface area contributed by atoms with Gasteiger partial charge >= 0.3 is 0 Å². The Bertz CT molecular complexity index is 985. The van der Waals surface area contributed by atoms with Crippen LogP contribution >= 0.6 is 0 Å². The van der Waals surface area contributed by atoms with Gasteiger partial charge in [0.2, 0.25) is 0 Å². The second kappa shape index (κ2) is 6.51. The predicted molar refractivity (Wildman–Crippen MR) is 108 cm³/mol. The molecule has 5 rings (SSSR count). The lowest BCUT2D eigenvalue weighted by Gasteiger charge is -2.58. The first-order valence-electron chi connectivity index (χ1n) is 10.1. The van der Waals surface area contributed by atoms with E-state index in [1.807, 2.05) is 30.3 Å². The summed E-state index contributed by atoms with van der Waals surface area (Å²) in [4.78, 5) is 11.6. The SMILES string of the molecule is CCCN(c1ncnc2c1nnn2-c1ccccc1)C1C2CCOC2C1(C)C. The monoisotopic (exact) mass is 378 g/mol. The van der Waals surface area contributed by atoms with Gasteiger partial charge in [0.05, 0.1) is 11.8 Å². The van der Waals surface area contributed by atoms with Crippen LogP contribution in [0.4, 0.5) is 5.82 Å². The average Bonchev–Trinajstić information content (AvgIpc) is 3.34. The molecule has 0 radical (unpaired) electrons. The van der Waals surface area contributed by atoms with E-state index in [9.17, 15) is 0 Å². The summed E-state index contributed by atoms with van der Waals surface area (Å²) in [5.41, 5.74) is 2.54. The average molecular weight is 378 g/mol. The fourth-order valence-electron chi connectivity index (χ4n) is 5.24. The quantitative estimate of drug-likeness (QED) is 0.679. The molecule has 0 spiro atoms. The topological polar surface area (TPSA) is 69.0 Å². The van der Waals surface area contributed by atoms with Crippen molar-refractivity contribution in [3.8, 4) is 5.69 Å². The van der Waals surface area contributed by atoms with Gasteiger partial charge in [-0.25, -0.2) is 9.97 Å². The van der Waals surface area contributed by atoms with Crippen LogP contribution in [0.2, 0.25) is 0 Å². The summed E-state index contributed by atoms with van der Waals surface area (Å²) in [6.45, 7) is 8.62. The van der Waals surface area contributed by atoms with Gasteiger partial charge in [-0.05, 0) is 25.0 Å². The molecule has 3 aromatic rings. The van der Waals surface area contributed by atoms with E-state index in [1.165, 1.54) is 0 Å². The van der Waals surface area contributed by atoms with Crippen molar-refractivity contribution in [3.05, 3.63) is 36.7 Å². The van der Waals surface area contributed by atoms with Crippen LogP contribution < -0.4 is 4.90 Å². The van der Waals surface area contributed by atoms with Crippen molar-refractivity contribution < 1.29 is 4.74 Å². The van der Waals surface area contributed by atoms with Gasteiger partial charge in [-0.1, -0.05) is 44.2 Å². The number of fused-ring (bicyclic) bond motifs is 2. The van der Waals surface area contributed by atoms with Crippen LogP contribution in [-0.2, 0) is 4.74 Å². The minimum absolute atomic E-state index is 0.0863. The Kier molecular flexibility index (Phi) is 4.08. The lowest BCUT2D eigenvalue weighted by molar-refractivity contribution is -0.102. The fourth-order valence-corrected chi connectivity index (χ4v) is 5.24. The van der Waals surface area contributed by atoms with Gasteiger partial charge in [0, 0.05) is 30.5 Å². The zero-order valence-electron chi connectivity index (χ0n) is 16.6. The molecule has 2 aromatic heterocycles. The van der Waals surface area contributed by atoms with Crippen molar-refractivity contribution in [1.29, 1.82) is 0 Å². The molecular weight excluding hydrogens is 352 g/mol. The summed E-state index contributed by atoms with van der Waals surface area (Å²) < 4.78 is 7.81. The number of para-hydroxylation sites is 1. The summed E-state index contributed by atoms with van der Waals surface area (Å²) in [7, 11) is 0. The highest BCUT2D eigenvalue weighted by Crippen LogP contribution is 2.55. The number of ether oxygens (including phenoxy) is 1. The maximum Gasteiger partial charge on any atom is 0.189 e. The molecule has 0 amide bonds. The molecule has 1 aromatic carbocycles. The van der Waals surface area contributed by atoms with E-state index in [2.05, 4.69) is 46.0 Å². The van der Waals surface area contributed by atoms with Crippen LogP contribution in [0.15, 0.2) is 36.7 Å². The van der Waals surface area contributed by atoms with Gasteiger partial charge in [-0.3, -0.25) is 0 Å². The zero-order valence-corrected chi connectivity index (χ0v) is 16.6. The summed E-state index contributed by atoms with van der Waals surface area (Å²) in [6.07, 6.45) is 4.14. The third-order valence-corrected chi connectivity index (χ3v) is 6.33. The van der Waals surface area contributed by atoms with Crippen molar-refractivity contribution >= 4 is 17.0 Å². The molecule has 3 heterocycles. The molecule has 0 N–H and O–H groups in total. The molecule has 7 nitrogen and oxygen atoms in total. The Labute approximate surface area is 164 Å². The second-order valence-corrected chi connectivity index (χ2v) is 8.41. The standard InChI is InChI=1S/C21H26N6O/c1-4-11-26(17-15-10-12-28-18(15)21(17,2)3)19-16-20(23-13-22-19)27(25-24-16)14-8-6-5-7-9-14/h5-9,13,15,17-18H,4,10-12H2,1-3H3.